The molecule has 0 unspecified atom stereocenters. The van der Waals surface area contributed by atoms with Gasteiger partial charge >= 0.3 is 0 Å². The molecule has 0 radical (unpaired) electrons. The predicted molar refractivity (Wildman–Crippen MR) is 91.9 cm³/mol. The lowest BCUT2D eigenvalue weighted by atomic mass is 10.0. The van der Waals surface area contributed by atoms with Crippen LogP contribution >= 0.6 is 0 Å². The largest absolute Gasteiger partial charge is 0.439 e. The number of rotatable bonds is 5. The zero-order chi connectivity index (χ0) is 18.7. The number of hydrogen-bond acceptors (Lipinski definition) is 5. The third-order valence-corrected chi connectivity index (χ3v) is 3.85. The summed E-state index contributed by atoms with van der Waals surface area (Å²) in [6, 6.07) is 9.00. The summed E-state index contributed by atoms with van der Waals surface area (Å²) < 4.78 is 18.4. The van der Waals surface area contributed by atoms with Gasteiger partial charge in [0.15, 0.2) is 5.92 Å². The molecule has 0 saturated carbocycles. The molecule has 8 heteroatoms. The number of hydrazone groups is 1. The fourth-order valence-electron chi connectivity index (χ4n) is 2.50. The number of amides is 2. The molecule has 26 heavy (non-hydrogen) atoms. The van der Waals surface area contributed by atoms with Crippen molar-refractivity contribution in [3.05, 3.63) is 54.0 Å². The second kappa shape index (κ2) is 7.30. The van der Waals surface area contributed by atoms with Crippen molar-refractivity contribution in [2.45, 2.75) is 13.5 Å². The maximum absolute atomic E-state index is 12.9. The standard InChI is InChI=1S/C18H17FN4O3/c1-11-16(18(25)23(2)22-11)17(24)21-10-12-3-8-15(20-9-12)26-14-6-4-13(19)5-7-14/h3-9,16H,10H2,1-2H3,(H,21,24)/t16-/m1/s1. The van der Waals surface area contributed by atoms with E-state index >= 15 is 0 Å². The molecule has 1 aliphatic heterocycles. The lowest BCUT2D eigenvalue weighted by Gasteiger charge is -2.11. The van der Waals surface area contributed by atoms with E-state index in [1.165, 1.54) is 36.3 Å². The van der Waals surface area contributed by atoms with Crippen LogP contribution in [0.15, 0.2) is 47.7 Å². The molecule has 0 aliphatic carbocycles. The average molecular weight is 356 g/mol. The Morgan fingerprint density at radius 2 is 2.00 bits per heavy atom. The quantitative estimate of drug-likeness (QED) is 0.832. The van der Waals surface area contributed by atoms with E-state index in [-0.39, 0.29) is 18.3 Å². The highest BCUT2D eigenvalue weighted by atomic mass is 19.1. The molecule has 0 bridgehead atoms. The number of benzene rings is 1. The molecule has 1 N–H and O–H groups in total. The molecule has 1 aromatic heterocycles. The Bertz CT molecular complexity index is 850. The zero-order valence-corrected chi connectivity index (χ0v) is 14.3. The van der Waals surface area contributed by atoms with Crippen molar-refractivity contribution in [1.29, 1.82) is 0 Å². The van der Waals surface area contributed by atoms with Crippen LogP contribution in [0.5, 0.6) is 11.6 Å². The number of carbonyl (C=O) groups is 2. The van der Waals surface area contributed by atoms with E-state index in [0.29, 0.717) is 17.3 Å². The van der Waals surface area contributed by atoms with Crippen molar-refractivity contribution < 1.29 is 18.7 Å². The Labute approximate surface area is 149 Å². The van der Waals surface area contributed by atoms with Crippen molar-refractivity contribution in [3.8, 4) is 11.6 Å². The summed E-state index contributed by atoms with van der Waals surface area (Å²) in [6.07, 6.45) is 1.56. The summed E-state index contributed by atoms with van der Waals surface area (Å²) in [7, 11) is 1.52. The Balaban J connectivity index is 1.56. The normalized spacial score (nSPS) is 16.4. The fraction of sp³-hybridized carbons (Fsp3) is 0.222. The van der Waals surface area contributed by atoms with Gasteiger partial charge in [-0.05, 0) is 36.8 Å². The summed E-state index contributed by atoms with van der Waals surface area (Å²) in [5.74, 6) is -1.15. The lowest BCUT2D eigenvalue weighted by molar-refractivity contribution is -0.136. The maximum Gasteiger partial charge on any atom is 0.260 e. The Morgan fingerprint density at radius 1 is 1.27 bits per heavy atom. The summed E-state index contributed by atoms with van der Waals surface area (Å²) >= 11 is 0. The van der Waals surface area contributed by atoms with E-state index in [1.54, 1.807) is 25.3 Å². The minimum absolute atomic E-state index is 0.226. The van der Waals surface area contributed by atoms with Gasteiger partial charge in [0.25, 0.3) is 5.91 Å². The molecule has 3 rings (SSSR count). The van der Waals surface area contributed by atoms with Gasteiger partial charge in [0.1, 0.15) is 11.6 Å². The first-order valence-electron chi connectivity index (χ1n) is 7.93. The van der Waals surface area contributed by atoms with Gasteiger partial charge in [-0.3, -0.25) is 9.59 Å². The molecule has 0 saturated heterocycles. The predicted octanol–water partition coefficient (Wildman–Crippen LogP) is 2.09. The molecule has 0 fully saturated rings. The molecule has 0 spiro atoms. The molecular weight excluding hydrogens is 339 g/mol. The van der Waals surface area contributed by atoms with Crippen LogP contribution in [0, 0.1) is 11.7 Å². The number of halogens is 1. The van der Waals surface area contributed by atoms with Crippen LogP contribution in [0.1, 0.15) is 12.5 Å². The Morgan fingerprint density at radius 3 is 2.58 bits per heavy atom. The van der Waals surface area contributed by atoms with Crippen molar-refractivity contribution in [1.82, 2.24) is 15.3 Å². The minimum Gasteiger partial charge on any atom is -0.439 e. The second-order valence-electron chi connectivity index (χ2n) is 5.81. The molecule has 2 aromatic rings. The molecule has 134 valence electrons. The molecule has 1 atom stereocenters. The van der Waals surface area contributed by atoms with Crippen LogP contribution in [0.4, 0.5) is 4.39 Å². The van der Waals surface area contributed by atoms with Crippen LogP contribution in [0.2, 0.25) is 0 Å². The van der Waals surface area contributed by atoms with Gasteiger partial charge in [-0.2, -0.15) is 5.10 Å². The molecule has 1 aromatic carbocycles. The van der Waals surface area contributed by atoms with E-state index in [2.05, 4.69) is 15.4 Å². The van der Waals surface area contributed by atoms with E-state index < -0.39 is 11.8 Å². The number of hydrogen-bond donors (Lipinski definition) is 1. The van der Waals surface area contributed by atoms with Crippen LogP contribution in [-0.4, -0.2) is 34.6 Å². The number of aromatic nitrogens is 1. The van der Waals surface area contributed by atoms with E-state index in [9.17, 15) is 14.0 Å². The van der Waals surface area contributed by atoms with Gasteiger partial charge in [-0.15, -0.1) is 0 Å². The number of nitrogens with one attached hydrogen (secondary N) is 1. The average Bonchev–Trinajstić information content (AvgIpc) is 2.88. The van der Waals surface area contributed by atoms with Gasteiger partial charge in [0.05, 0.1) is 5.71 Å². The molecule has 1 aliphatic rings. The van der Waals surface area contributed by atoms with Gasteiger partial charge in [0.2, 0.25) is 11.8 Å². The van der Waals surface area contributed by atoms with Gasteiger partial charge in [-0.25, -0.2) is 14.4 Å². The van der Waals surface area contributed by atoms with Crippen molar-refractivity contribution in [3.63, 3.8) is 0 Å². The summed E-state index contributed by atoms with van der Waals surface area (Å²) in [5, 5.41) is 7.85. The van der Waals surface area contributed by atoms with Crippen molar-refractivity contribution >= 4 is 17.5 Å². The molecule has 7 nitrogen and oxygen atoms in total. The summed E-state index contributed by atoms with van der Waals surface area (Å²) in [4.78, 5) is 28.3. The van der Waals surface area contributed by atoms with Crippen LogP contribution in [-0.2, 0) is 16.1 Å². The highest BCUT2D eigenvalue weighted by molar-refractivity contribution is 6.21. The zero-order valence-electron chi connectivity index (χ0n) is 14.3. The van der Waals surface area contributed by atoms with Gasteiger partial charge < -0.3 is 10.1 Å². The minimum atomic E-state index is -0.881. The van der Waals surface area contributed by atoms with Gasteiger partial charge in [0, 0.05) is 25.9 Å². The number of nitrogens with zero attached hydrogens (tertiary/aromatic N) is 3. The molecule has 2 amide bonds. The SMILES string of the molecule is CC1=NN(C)C(=O)[C@H]1C(=O)NCc1ccc(Oc2ccc(F)cc2)nc1. The van der Waals surface area contributed by atoms with Crippen LogP contribution < -0.4 is 10.1 Å². The highest BCUT2D eigenvalue weighted by Crippen LogP contribution is 2.19. The first kappa shape index (κ1) is 17.5. The van der Waals surface area contributed by atoms with E-state index in [0.717, 1.165) is 5.56 Å². The van der Waals surface area contributed by atoms with E-state index in [4.69, 9.17) is 4.74 Å². The van der Waals surface area contributed by atoms with Crippen molar-refractivity contribution in [2.24, 2.45) is 11.0 Å². The fourth-order valence-corrected chi connectivity index (χ4v) is 2.50. The number of carbonyl (C=O) groups excluding carboxylic acids is 2. The first-order valence-corrected chi connectivity index (χ1v) is 7.93. The summed E-state index contributed by atoms with van der Waals surface area (Å²) in [5.41, 5.74) is 1.22. The van der Waals surface area contributed by atoms with Gasteiger partial charge in [-0.1, -0.05) is 6.07 Å². The topological polar surface area (TPSA) is 83.9 Å². The third-order valence-electron chi connectivity index (χ3n) is 3.85. The Kier molecular flexibility index (Phi) is 4.92. The lowest BCUT2D eigenvalue weighted by Crippen LogP contribution is -2.39. The van der Waals surface area contributed by atoms with Crippen LogP contribution in [0.3, 0.4) is 0 Å². The number of pyridine rings is 1. The second-order valence-corrected chi connectivity index (χ2v) is 5.81. The van der Waals surface area contributed by atoms with Crippen LogP contribution in [0.25, 0.3) is 0 Å². The summed E-state index contributed by atoms with van der Waals surface area (Å²) in [6.45, 7) is 1.87. The smallest absolute Gasteiger partial charge is 0.260 e. The molecular formula is C18H17FN4O3. The Hall–Kier alpha value is -3.29. The van der Waals surface area contributed by atoms with Crippen molar-refractivity contribution in [2.75, 3.05) is 7.05 Å². The monoisotopic (exact) mass is 356 g/mol. The molecule has 2 heterocycles. The van der Waals surface area contributed by atoms with E-state index in [1.807, 2.05) is 0 Å². The third kappa shape index (κ3) is 3.85. The number of ether oxygens (including phenoxy) is 1. The first-order chi connectivity index (χ1) is 12.4. The highest BCUT2D eigenvalue weighted by Gasteiger charge is 2.37. The maximum atomic E-state index is 12.9.